The summed E-state index contributed by atoms with van der Waals surface area (Å²) in [5, 5.41) is 18.1. The fourth-order valence-corrected chi connectivity index (χ4v) is 8.42. The number of thioether (sulfide) groups is 1. The molecule has 0 amide bonds. The van der Waals surface area contributed by atoms with Crippen LogP contribution in [0.4, 0.5) is 0 Å². The summed E-state index contributed by atoms with van der Waals surface area (Å²) in [5.74, 6) is -0.856. The minimum atomic E-state index is -3.23. The van der Waals surface area contributed by atoms with Crippen LogP contribution in [-0.4, -0.2) is 72.8 Å². The van der Waals surface area contributed by atoms with E-state index < -0.39 is 42.4 Å². The molecule has 4 atom stereocenters. The highest BCUT2D eigenvalue weighted by atomic mass is 32.2. The van der Waals surface area contributed by atoms with Gasteiger partial charge >= 0.3 is 0 Å². The van der Waals surface area contributed by atoms with Crippen molar-refractivity contribution >= 4 is 31.4 Å². The molecular formula is C8H14O6S3. The normalized spacial score (nSPS) is 43.9. The standard InChI is InChI=1S/C8H14O6S3/c9-5-1-16(11,12)3-7(5)15-8-4-17(13,14)2-6(8)10/h5-10H,1-4H2/t5-,6+,7+,8-. The van der Waals surface area contributed by atoms with E-state index in [1.807, 2.05) is 0 Å². The molecule has 9 heteroatoms. The zero-order valence-corrected chi connectivity index (χ0v) is 11.3. The molecule has 17 heavy (non-hydrogen) atoms. The predicted molar refractivity (Wildman–Crippen MR) is 64.5 cm³/mol. The van der Waals surface area contributed by atoms with Crippen molar-refractivity contribution in [3.8, 4) is 0 Å². The highest BCUT2D eigenvalue weighted by Crippen LogP contribution is 2.33. The maximum absolute atomic E-state index is 11.3. The predicted octanol–water partition coefficient (Wildman–Crippen LogP) is -1.96. The molecular weight excluding hydrogens is 288 g/mol. The maximum Gasteiger partial charge on any atom is 0.154 e. The fraction of sp³-hybridized carbons (Fsp3) is 1.00. The Morgan fingerprint density at radius 2 is 1.12 bits per heavy atom. The van der Waals surface area contributed by atoms with Crippen LogP contribution in [0.1, 0.15) is 0 Å². The Hall–Kier alpha value is 0.170. The van der Waals surface area contributed by atoms with Crippen molar-refractivity contribution in [3.63, 3.8) is 0 Å². The van der Waals surface area contributed by atoms with Crippen molar-refractivity contribution in [1.29, 1.82) is 0 Å². The summed E-state index contributed by atoms with van der Waals surface area (Å²) < 4.78 is 45.1. The van der Waals surface area contributed by atoms with Crippen molar-refractivity contribution in [2.45, 2.75) is 22.7 Å². The summed E-state index contributed by atoms with van der Waals surface area (Å²) in [6.07, 6.45) is -1.94. The lowest BCUT2D eigenvalue weighted by Gasteiger charge is -2.18. The Morgan fingerprint density at radius 3 is 1.35 bits per heavy atom. The van der Waals surface area contributed by atoms with E-state index in [1.54, 1.807) is 0 Å². The third-order valence-corrected chi connectivity index (χ3v) is 8.41. The number of aliphatic hydroxyl groups is 2. The highest BCUT2D eigenvalue weighted by Gasteiger charge is 2.43. The van der Waals surface area contributed by atoms with Crippen LogP contribution < -0.4 is 0 Å². The molecule has 2 rings (SSSR count). The van der Waals surface area contributed by atoms with Crippen molar-refractivity contribution in [3.05, 3.63) is 0 Å². The van der Waals surface area contributed by atoms with Gasteiger partial charge in [0.2, 0.25) is 0 Å². The molecule has 0 aliphatic carbocycles. The molecule has 2 aliphatic rings. The van der Waals surface area contributed by atoms with E-state index in [9.17, 15) is 27.0 Å². The van der Waals surface area contributed by atoms with Crippen molar-refractivity contribution in [2.75, 3.05) is 23.0 Å². The largest absolute Gasteiger partial charge is 0.391 e. The van der Waals surface area contributed by atoms with E-state index >= 15 is 0 Å². The van der Waals surface area contributed by atoms with Crippen LogP contribution in [0.25, 0.3) is 0 Å². The zero-order chi connectivity index (χ0) is 12.8. The first-order valence-electron chi connectivity index (χ1n) is 5.11. The summed E-state index contributed by atoms with van der Waals surface area (Å²) in [5.41, 5.74) is 0. The lowest BCUT2D eigenvalue weighted by atomic mass is 10.3. The first-order valence-corrected chi connectivity index (χ1v) is 9.69. The lowest BCUT2D eigenvalue weighted by Crippen LogP contribution is -2.28. The lowest BCUT2D eigenvalue weighted by molar-refractivity contribution is 0.200. The van der Waals surface area contributed by atoms with Gasteiger partial charge in [-0.25, -0.2) is 16.8 Å². The molecule has 0 aromatic rings. The van der Waals surface area contributed by atoms with Gasteiger partial charge in [0.15, 0.2) is 19.7 Å². The van der Waals surface area contributed by atoms with Gasteiger partial charge in [-0.15, -0.1) is 11.8 Å². The molecule has 0 saturated carbocycles. The first kappa shape index (κ1) is 13.6. The summed E-state index contributed by atoms with van der Waals surface area (Å²) >= 11 is 1.08. The van der Waals surface area contributed by atoms with Crippen LogP contribution >= 0.6 is 11.8 Å². The van der Waals surface area contributed by atoms with Gasteiger partial charge in [0, 0.05) is 10.5 Å². The Bertz CT molecular complexity index is 449. The van der Waals surface area contributed by atoms with Gasteiger partial charge in [-0.05, 0) is 0 Å². The second kappa shape index (κ2) is 4.37. The molecule has 100 valence electrons. The minimum Gasteiger partial charge on any atom is -0.391 e. The Morgan fingerprint density at radius 1 is 0.765 bits per heavy atom. The number of hydrogen-bond acceptors (Lipinski definition) is 7. The minimum absolute atomic E-state index is 0.151. The van der Waals surface area contributed by atoms with E-state index in [2.05, 4.69) is 0 Å². The van der Waals surface area contributed by atoms with Crippen LogP contribution in [0.3, 0.4) is 0 Å². The molecule has 0 aromatic heterocycles. The summed E-state index contributed by atoms with van der Waals surface area (Å²) in [6, 6.07) is 0. The smallest absolute Gasteiger partial charge is 0.154 e. The van der Waals surface area contributed by atoms with Crippen LogP contribution in [0.2, 0.25) is 0 Å². The van der Waals surface area contributed by atoms with Crippen LogP contribution in [0.15, 0.2) is 0 Å². The van der Waals surface area contributed by atoms with Gasteiger partial charge < -0.3 is 10.2 Å². The van der Waals surface area contributed by atoms with E-state index in [4.69, 9.17) is 0 Å². The molecule has 0 aromatic carbocycles. The van der Waals surface area contributed by atoms with E-state index in [-0.39, 0.29) is 23.0 Å². The first-order chi connectivity index (χ1) is 7.69. The van der Waals surface area contributed by atoms with Gasteiger partial charge in [0.05, 0.1) is 35.2 Å². The number of hydrogen-bond donors (Lipinski definition) is 2. The Labute approximate surface area is 104 Å². The van der Waals surface area contributed by atoms with E-state index in [0.717, 1.165) is 11.8 Å². The fourth-order valence-electron chi connectivity index (χ4n) is 2.08. The van der Waals surface area contributed by atoms with Crippen molar-refractivity contribution in [2.24, 2.45) is 0 Å². The molecule has 0 radical (unpaired) electrons. The average molecular weight is 302 g/mol. The van der Waals surface area contributed by atoms with Crippen molar-refractivity contribution in [1.82, 2.24) is 0 Å². The molecule has 0 unspecified atom stereocenters. The maximum atomic E-state index is 11.3. The number of aliphatic hydroxyl groups excluding tert-OH is 2. The molecule has 2 heterocycles. The Balaban J connectivity index is 2.04. The van der Waals surface area contributed by atoms with Gasteiger partial charge in [0.1, 0.15) is 0 Å². The molecule has 0 bridgehead atoms. The average Bonchev–Trinajstić information content (AvgIpc) is 2.50. The summed E-state index contributed by atoms with van der Waals surface area (Å²) in [6.45, 7) is 0. The molecule has 2 fully saturated rings. The Kier molecular flexibility index (Phi) is 3.50. The van der Waals surface area contributed by atoms with Gasteiger partial charge in [0.25, 0.3) is 0 Å². The topological polar surface area (TPSA) is 109 Å². The third-order valence-electron chi connectivity index (χ3n) is 2.89. The van der Waals surface area contributed by atoms with Crippen LogP contribution in [-0.2, 0) is 19.7 Å². The SMILES string of the molecule is O=S1(=O)C[C@@H](O)[C@@H](S[C@@H]2CS(=O)(=O)C[C@@H]2O)C1. The van der Waals surface area contributed by atoms with Crippen molar-refractivity contribution < 1.29 is 27.0 Å². The van der Waals surface area contributed by atoms with Gasteiger partial charge in [-0.2, -0.15) is 0 Å². The molecule has 0 spiro atoms. The monoisotopic (exact) mass is 302 g/mol. The molecule has 6 nitrogen and oxygen atoms in total. The molecule has 2 aliphatic heterocycles. The van der Waals surface area contributed by atoms with Gasteiger partial charge in [-0.1, -0.05) is 0 Å². The molecule has 2 saturated heterocycles. The van der Waals surface area contributed by atoms with Crippen LogP contribution in [0, 0.1) is 0 Å². The molecule has 2 N–H and O–H groups in total. The number of sulfone groups is 2. The van der Waals surface area contributed by atoms with E-state index in [1.165, 1.54) is 0 Å². The van der Waals surface area contributed by atoms with Gasteiger partial charge in [-0.3, -0.25) is 0 Å². The second-order valence-corrected chi connectivity index (χ2v) is 10.3. The summed E-state index contributed by atoms with van der Waals surface area (Å²) in [7, 11) is -6.47. The second-order valence-electron chi connectivity index (χ2n) is 4.50. The zero-order valence-electron chi connectivity index (χ0n) is 8.89. The van der Waals surface area contributed by atoms with Crippen LogP contribution in [0.5, 0.6) is 0 Å². The van der Waals surface area contributed by atoms with E-state index in [0.29, 0.717) is 0 Å². The number of rotatable bonds is 2. The summed E-state index contributed by atoms with van der Waals surface area (Å²) in [4.78, 5) is 0. The third kappa shape index (κ3) is 3.14. The highest BCUT2D eigenvalue weighted by molar-refractivity contribution is 8.03. The quantitative estimate of drug-likeness (QED) is 0.609.